The molecule has 1 aliphatic carbocycles. The molecular weight excluding hydrogens is 242 g/mol. The Morgan fingerprint density at radius 1 is 1.58 bits per heavy atom. The summed E-state index contributed by atoms with van der Waals surface area (Å²) < 4.78 is 0. The molecule has 0 radical (unpaired) electrons. The predicted octanol–water partition coefficient (Wildman–Crippen LogP) is 0.321. The van der Waals surface area contributed by atoms with Gasteiger partial charge in [0.15, 0.2) is 0 Å². The topological polar surface area (TPSA) is 98.1 Å². The maximum absolute atomic E-state index is 12.5. The molecule has 1 saturated carbocycles. The summed E-state index contributed by atoms with van der Waals surface area (Å²) in [5.74, 6) is 1.14. The van der Waals surface area contributed by atoms with Gasteiger partial charge in [0.2, 0.25) is 0 Å². The minimum atomic E-state index is -0.198. The maximum atomic E-state index is 12.5. The van der Waals surface area contributed by atoms with Gasteiger partial charge in [-0.05, 0) is 25.7 Å². The second-order valence-corrected chi connectivity index (χ2v) is 5.72. The molecule has 6 heteroatoms. The average molecular weight is 261 g/mol. The Balaban J connectivity index is 1.82. The largest absolute Gasteiger partial charge is 0.383 e. The minimum absolute atomic E-state index is 0.100. The molecule has 2 heterocycles. The van der Waals surface area contributed by atoms with E-state index in [2.05, 4.69) is 9.97 Å². The van der Waals surface area contributed by atoms with E-state index in [1.807, 2.05) is 0 Å². The van der Waals surface area contributed by atoms with Gasteiger partial charge in [0.1, 0.15) is 17.2 Å². The van der Waals surface area contributed by atoms with Crippen molar-refractivity contribution in [3.8, 4) is 0 Å². The van der Waals surface area contributed by atoms with Crippen molar-refractivity contribution in [1.82, 2.24) is 14.9 Å². The number of carbonyl (C=O) groups is 1. The summed E-state index contributed by atoms with van der Waals surface area (Å²) in [7, 11) is 0. The molecule has 0 spiro atoms. The molecule has 0 bridgehead atoms. The van der Waals surface area contributed by atoms with Crippen molar-refractivity contribution in [3.63, 3.8) is 0 Å². The molecule has 1 amide bonds. The molecule has 19 heavy (non-hydrogen) atoms. The van der Waals surface area contributed by atoms with Crippen LogP contribution in [0.25, 0.3) is 0 Å². The first-order valence-corrected chi connectivity index (χ1v) is 6.67. The second-order valence-electron chi connectivity index (χ2n) is 5.72. The SMILES string of the molecule is Cc1ncc(C(=O)N2CC3CCCC3(N)C2)c(N)n1. The zero-order valence-electron chi connectivity index (χ0n) is 11.1. The second kappa shape index (κ2) is 4.16. The van der Waals surface area contributed by atoms with Crippen LogP contribution in [-0.2, 0) is 0 Å². The Labute approximate surface area is 112 Å². The van der Waals surface area contributed by atoms with Crippen LogP contribution in [0.15, 0.2) is 6.20 Å². The number of nitrogens with zero attached hydrogens (tertiary/aromatic N) is 3. The van der Waals surface area contributed by atoms with E-state index in [0.717, 1.165) is 19.4 Å². The summed E-state index contributed by atoms with van der Waals surface area (Å²) in [4.78, 5) is 22.4. The standard InChI is InChI=1S/C13H19N5O/c1-8-16-5-10(11(14)17-8)12(19)18-6-9-3-2-4-13(9,15)7-18/h5,9H,2-4,6-7,15H2,1H3,(H2,14,16,17). The van der Waals surface area contributed by atoms with Crippen LogP contribution in [0, 0.1) is 12.8 Å². The van der Waals surface area contributed by atoms with Crippen LogP contribution in [0.5, 0.6) is 0 Å². The average Bonchev–Trinajstić information content (AvgIpc) is 2.83. The third kappa shape index (κ3) is 1.96. The van der Waals surface area contributed by atoms with E-state index in [1.165, 1.54) is 12.6 Å². The Morgan fingerprint density at radius 2 is 2.37 bits per heavy atom. The van der Waals surface area contributed by atoms with Gasteiger partial charge < -0.3 is 16.4 Å². The van der Waals surface area contributed by atoms with Gasteiger partial charge in [-0.15, -0.1) is 0 Å². The highest BCUT2D eigenvalue weighted by Gasteiger charge is 2.48. The molecule has 1 aliphatic heterocycles. The number of nitrogens with two attached hydrogens (primary N) is 2. The number of rotatable bonds is 1. The quantitative estimate of drug-likeness (QED) is 0.758. The van der Waals surface area contributed by atoms with Crippen molar-refractivity contribution in [2.24, 2.45) is 11.7 Å². The van der Waals surface area contributed by atoms with E-state index in [1.54, 1.807) is 11.8 Å². The van der Waals surface area contributed by atoms with Crippen LogP contribution < -0.4 is 11.5 Å². The van der Waals surface area contributed by atoms with Crippen LogP contribution in [0.3, 0.4) is 0 Å². The summed E-state index contributed by atoms with van der Waals surface area (Å²) >= 11 is 0. The summed E-state index contributed by atoms with van der Waals surface area (Å²) in [6, 6.07) is 0. The van der Waals surface area contributed by atoms with Crippen molar-refractivity contribution in [2.75, 3.05) is 18.8 Å². The van der Waals surface area contributed by atoms with Gasteiger partial charge >= 0.3 is 0 Å². The molecule has 2 atom stereocenters. The van der Waals surface area contributed by atoms with Gasteiger partial charge in [-0.2, -0.15) is 0 Å². The number of aryl methyl sites for hydroxylation is 1. The van der Waals surface area contributed by atoms with Crippen LogP contribution in [0.1, 0.15) is 35.4 Å². The normalized spacial score (nSPS) is 29.6. The fourth-order valence-electron chi connectivity index (χ4n) is 3.31. The van der Waals surface area contributed by atoms with E-state index in [0.29, 0.717) is 23.9 Å². The van der Waals surface area contributed by atoms with Crippen LogP contribution in [0.2, 0.25) is 0 Å². The number of fused-ring (bicyclic) bond motifs is 1. The first kappa shape index (κ1) is 12.3. The third-order valence-electron chi connectivity index (χ3n) is 4.39. The van der Waals surface area contributed by atoms with E-state index < -0.39 is 0 Å². The number of likely N-dealkylation sites (tertiary alicyclic amines) is 1. The molecule has 102 valence electrons. The predicted molar refractivity (Wildman–Crippen MR) is 71.3 cm³/mol. The monoisotopic (exact) mass is 261 g/mol. The van der Waals surface area contributed by atoms with Crippen molar-refractivity contribution in [3.05, 3.63) is 17.6 Å². The number of carbonyl (C=O) groups excluding carboxylic acids is 1. The number of hydrogen-bond acceptors (Lipinski definition) is 5. The molecule has 6 nitrogen and oxygen atoms in total. The van der Waals surface area contributed by atoms with Gasteiger partial charge in [-0.3, -0.25) is 4.79 Å². The molecule has 3 rings (SSSR count). The third-order valence-corrected chi connectivity index (χ3v) is 4.39. The van der Waals surface area contributed by atoms with E-state index >= 15 is 0 Å². The lowest BCUT2D eigenvalue weighted by Gasteiger charge is -2.23. The van der Waals surface area contributed by atoms with E-state index in [-0.39, 0.29) is 17.3 Å². The van der Waals surface area contributed by atoms with Crippen molar-refractivity contribution < 1.29 is 4.79 Å². The minimum Gasteiger partial charge on any atom is -0.383 e. The molecule has 1 saturated heterocycles. The molecule has 1 aromatic rings. The van der Waals surface area contributed by atoms with Crippen LogP contribution in [-0.4, -0.2) is 39.4 Å². The zero-order chi connectivity index (χ0) is 13.6. The lowest BCUT2D eigenvalue weighted by Crippen LogP contribution is -2.45. The first-order chi connectivity index (χ1) is 8.99. The molecule has 4 N–H and O–H groups in total. The van der Waals surface area contributed by atoms with Crippen molar-refractivity contribution in [1.29, 1.82) is 0 Å². The van der Waals surface area contributed by atoms with Crippen molar-refractivity contribution >= 4 is 11.7 Å². The van der Waals surface area contributed by atoms with E-state index in [9.17, 15) is 4.79 Å². The van der Waals surface area contributed by atoms with Crippen LogP contribution in [0.4, 0.5) is 5.82 Å². The molecular formula is C13H19N5O. The highest BCUT2D eigenvalue weighted by atomic mass is 16.2. The van der Waals surface area contributed by atoms with Gasteiger partial charge in [0, 0.05) is 24.8 Å². The molecule has 2 aliphatic rings. The fourth-order valence-corrected chi connectivity index (χ4v) is 3.31. The number of aromatic nitrogens is 2. The summed E-state index contributed by atoms with van der Waals surface area (Å²) in [5.41, 5.74) is 12.4. The molecule has 1 aromatic heterocycles. The molecule has 0 aromatic carbocycles. The fraction of sp³-hybridized carbons (Fsp3) is 0.615. The number of amides is 1. The van der Waals surface area contributed by atoms with Gasteiger partial charge in [-0.25, -0.2) is 9.97 Å². The number of anilines is 1. The first-order valence-electron chi connectivity index (χ1n) is 6.67. The number of hydrogen-bond donors (Lipinski definition) is 2. The molecule has 2 unspecified atom stereocenters. The van der Waals surface area contributed by atoms with E-state index in [4.69, 9.17) is 11.5 Å². The highest BCUT2D eigenvalue weighted by molar-refractivity contribution is 5.98. The van der Waals surface area contributed by atoms with Crippen LogP contribution >= 0.6 is 0 Å². The van der Waals surface area contributed by atoms with Crippen molar-refractivity contribution in [2.45, 2.75) is 31.7 Å². The summed E-state index contributed by atoms with van der Waals surface area (Å²) in [6.07, 6.45) is 4.79. The van der Waals surface area contributed by atoms with Gasteiger partial charge in [0.05, 0.1) is 0 Å². The van der Waals surface area contributed by atoms with Gasteiger partial charge in [-0.1, -0.05) is 6.42 Å². The summed E-state index contributed by atoms with van der Waals surface area (Å²) in [6.45, 7) is 3.09. The number of nitrogen functional groups attached to an aromatic ring is 1. The highest BCUT2D eigenvalue weighted by Crippen LogP contribution is 2.40. The Bertz CT molecular complexity index is 532. The van der Waals surface area contributed by atoms with Gasteiger partial charge in [0.25, 0.3) is 5.91 Å². The Kier molecular flexibility index (Phi) is 2.70. The molecule has 2 fully saturated rings. The smallest absolute Gasteiger partial charge is 0.259 e. The Hall–Kier alpha value is -1.69. The lowest BCUT2D eigenvalue weighted by molar-refractivity contribution is 0.0778. The summed E-state index contributed by atoms with van der Waals surface area (Å²) in [5, 5.41) is 0. The zero-order valence-corrected chi connectivity index (χ0v) is 11.1. The Morgan fingerprint density at radius 3 is 3.05 bits per heavy atom. The maximum Gasteiger partial charge on any atom is 0.259 e. The lowest BCUT2D eigenvalue weighted by atomic mass is 9.92.